The molecule has 0 spiro atoms. The highest BCUT2D eigenvalue weighted by Crippen LogP contribution is 2.59. The van der Waals surface area contributed by atoms with Crippen molar-refractivity contribution in [1.29, 1.82) is 0 Å². The number of hydrogen-bond donors (Lipinski definition) is 5. The van der Waals surface area contributed by atoms with Gasteiger partial charge in [-0.25, -0.2) is 5.06 Å². The quantitative estimate of drug-likeness (QED) is 0.149. The van der Waals surface area contributed by atoms with Crippen LogP contribution in [0.4, 0.5) is 8.78 Å². The van der Waals surface area contributed by atoms with E-state index in [0.717, 1.165) is 0 Å². The van der Waals surface area contributed by atoms with Gasteiger partial charge in [-0.1, -0.05) is 0 Å². The molecule has 0 aromatic carbocycles. The number of carbonyl (C=O) groups excluding carboxylic acids is 1. The van der Waals surface area contributed by atoms with Crippen LogP contribution < -0.4 is 0 Å². The summed E-state index contributed by atoms with van der Waals surface area (Å²) in [5, 5.41) is 36.8. The van der Waals surface area contributed by atoms with E-state index in [1.165, 1.54) is 6.92 Å². The van der Waals surface area contributed by atoms with Crippen LogP contribution in [0.1, 0.15) is 13.3 Å². The number of aliphatic hydroxyl groups is 3. The lowest BCUT2D eigenvalue weighted by Crippen LogP contribution is -2.45. The molecule has 1 amide bonds. The van der Waals surface area contributed by atoms with Crippen molar-refractivity contribution in [3.05, 3.63) is 0 Å². The number of rotatable bonds is 10. The van der Waals surface area contributed by atoms with Crippen molar-refractivity contribution in [1.82, 2.24) is 5.06 Å². The molecule has 126 valence electrons. The van der Waals surface area contributed by atoms with Crippen molar-refractivity contribution >= 4 is 14.0 Å². The Labute approximate surface area is 118 Å². The molecule has 4 atom stereocenters. The van der Waals surface area contributed by atoms with Crippen molar-refractivity contribution in [3.8, 4) is 0 Å². The number of aliphatic hydroxyl groups excluding tert-OH is 3. The van der Waals surface area contributed by atoms with E-state index in [1.807, 2.05) is 0 Å². The topological polar surface area (TPSA) is 148 Å². The largest absolute Gasteiger partial charge is 0.397 e. The number of alkyl halides is 2. The zero-order valence-corrected chi connectivity index (χ0v) is 11.9. The molecule has 0 rings (SSSR count). The summed E-state index contributed by atoms with van der Waals surface area (Å²) >= 11 is 0. The lowest BCUT2D eigenvalue weighted by Gasteiger charge is -2.28. The van der Waals surface area contributed by atoms with Gasteiger partial charge < -0.3 is 24.7 Å². The SMILES string of the molecule is CCOP(=O)(O)C(F)(F)C[C@@H](O)[C@@H](O)[C@@H](O)CN(O)C=O. The van der Waals surface area contributed by atoms with Crippen molar-refractivity contribution in [2.75, 3.05) is 13.2 Å². The van der Waals surface area contributed by atoms with E-state index >= 15 is 0 Å². The molecular weight excluding hydrogens is 319 g/mol. The molecule has 12 heteroatoms. The van der Waals surface area contributed by atoms with Crippen molar-refractivity contribution in [3.63, 3.8) is 0 Å². The number of nitrogens with zero attached hydrogens (tertiary/aromatic N) is 1. The van der Waals surface area contributed by atoms with Gasteiger partial charge in [0.25, 0.3) is 0 Å². The monoisotopic (exact) mass is 337 g/mol. The van der Waals surface area contributed by atoms with E-state index in [4.69, 9.17) is 10.1 Å². The van der Waals surface area contributed by atoms with E-state index in [9.17, 15) is 33.5 Å². The van der Waals surface area contributed by atoms with Gasteiger partial charge in [-0.3, -0.25) is 14.6 Å². The normalized spacial score (nSPS) is 19.4. The minimum Gasteiger partial charge on any atom is -0.390 e. The Morgan fingerprint density at radius 1 is 1.33 bits per heavy atom. The molecule has 1 unspecified atom stereocenters. The zero-order chi connectivity index (χ0) is 16.8. The first-order valence-corrected chi connectivity index (χ1v) is 7.36. The minimum atomic E-state index is -5.35. The highest BCUT2D eigenvalue weighted by Gasteiger charge is 2.53. The fourth-order valence-electron chi connectivity index (χ4n) is 1.36. The Kier molecular flexibility index (Phi) is 7.82. The standard InChI is InChI=1S/C9H18F2NO8P/c1-2-20-21(18,19)9(10,11)3-6(14)8(16)7(15)4-12(17)5-13/h5-8,14-17H,2-4H2,1H3,(H,18,19)/t6-,7+,8-/m1/s1. The highest BCUT2D eigenvalue weighted by atomic mass is 31.2. The molecule has 0 saturated heterocycles. The van der Waals surface area contributed by atoms with Crippen molar-refractivity contribution in [2.45, 2.75) is 37.3 Å². The van der Waals surface area contributed by atoms with Gasteiger partial charge in [-0.15, -0.1) is 0 Å². The molecule has 0 aliphatic heterocycles. The average Bonchev–Trinajstić information content (AvgIpc) is 2.36. The summed E-state index contributed by atoms with van der Waals surface area (Å²) in [6.07, 6.45) is -8.21. The molecule has 0 aliphatic rings. The Bertz CT molecular complexity index is 385. The van der Waals surface area contributed by atoms with Crippen LogP contribution in [-0.4, -0.2) is 74.0 Å². The summed E-state index contributed by atoms with van der Waals surface area (Å²) in [5.74, 6) is 0. The van der Waals surface area contributed by atoms with Gasteiger partial charge >= 0.3 is 13.3 Å². The average molecular weight is 337 g/mol. The van der Waals surface area contributed by atoms with Gasteiger partial charge in [-0.05, 0) is 6.92 Å². The Morgan fingerprint density at radius 2 is 1.86 bits per heavy atom. The predicted octanol–water partition coefficient (Wildman–Crippen LogP) is -0.879. The summed E-state index contributed by atoms with van der Waals surface area (Å²) in [6, 6.07) is 0. The number of halogens is 2. The van der Waals surface area contributed by atoms with Crippen LogP contribution in [0.15, 0.2) is 0 Å². The van der Waals surface area contributed by atoms with Crippen LogP contribution >= 0.6 is 7.60 Å². The second-order valence-corrected chi connectivity index (χ2v) is 6.11. The molecule has 0 heterocycles. The third-order valence-corrected chi connectivity index (χ3v) is 4.07. The van der Waals surface area contributed by atoms with E-state index in [1.54, 1.807) is 0 Å². The minimum absolute atomic E-state index is 0.0735. The first-order chi connectivity index (χ1) is 9.48. The van der Waals surface area contributed by atoms with Gasteiger partial charge in [-0.2, -0.15) is 8.78 Å². The Hall–Kier alpha value is -0.680. The fraction of sp³-hybridized carbons (Fsp3) is 0.889. The smallest absolute Gasteiger partial charge is 0.390 e. The third-order valence-electron chi connectivity index (χ3n) is 2.46. The summed E-state index contributed by atoms with van der Waals surface area (Å²) < 4.78 is 42.2. The van der Waals surface area contributed by atoms with Crippen LogP contribution in [0.5, 0.6) is 0 Å². The van der Waals surface area contributed by atoms with Gasteiger partial charge in [0.1, 0.15) is 12.2 Å². The molecule has 0 aliphatic carbocycles. The Morgan fingerprint density at radius 3 is 2.29 bits per heavy atom. The van der Waals surface area contributed by atoms with Crippen molar-refractivity contribution < 1.29 is 48.1 Å². The van der Waals surface area contributed by atoms with Crippen molar-refractivity contribution in [2.24, 2.45) is 0 Å². The first kappa shape index (κ1) is 20.3. The lowest BCUT2D eigenvalue weighted by atomic mass is 10.1. The number of carbonyl (C=O) groups is 1. The van der Waals surface area contributed by atoms with E-state index < -0.39 is 51.1 Å². The molecule has 21 heavy (non-hydrogen) atoms. The number of amides is 1. The summed E-state index contributed by atoms with van der Waals surface area (Å²) in [6.45, 7) is -0.109. The summed E-state index contributed by atoms with van der Waals surface area (Å²) in [7, 11) is -5.35. The highest BCUT2D eigenvalue weighted by molar-refractivity contribution is 7.54. The molecular formula is C9H18F2NO8P. The summed E-state index contributed by atoms with van der Waals surface area (Å²) in [4.78, 5) is 19.1. The van der Waals surface area contributed by atoms with Gasteiger partial charge in [0.05, 0.1) is 25.7 Å². The van der Waals surface area contributed by atoms with E-state index in [-0.39, 0.29) is 11.5 Å². The van der Waals surface area contributed by atoms with E-state index in [2.05, 4.69) is 4.52 Å². The second kappa shape index (κ2) is 8.08. The maximum atomic E-state index is 13.5. The molecule has 0 aromatic heterocycles. The number of hydroxylamine groups is 2. The molecule has 9 nitrogen and oxygen atoms in total. The van der Waals surface area contributed by atoms with Crippen LogP contribution in [0.25, 0.3) is 0 Å². The lowest BCUT2D eigenvalue weighted by molar-refractivity contribution is -0.164. The molecule has 0 bridgehead atoms. The molecule has 0 aromatic rings. The molecule has 0 fully saturated rings. The van der Waals surface area contributed by atoms with Gasteiger partial charge in [0.15, 0.2) is 0 Å². The van der Waals surface area contributed by atoms with Gasteiger partial charge in [0.2, 0.25) is 6.41 Å². The molecule has 0 radical (unpaired) electrons. The zero-order valence-electron chi connectivity index (χ0n) is 11.0. The van der Waals surface area contributed by atoms with Gasteiger partial charge in [0, 0.05) is 0 Å². The molecule has 0 saturated carbocycles. The summed E-state index contributed by atoms with van der Waals surface area (Å²) in [5.41, 5.74) is -4.35. The van der Waals surface area contributed by atoms with E-state index in [0.29, 0.717) is 0 Å². The van der Waals surface area contributed by atoms with Crippen LogP contribution in [0, 0.1) is 0 Å². The predicted molar refractivity (Wildman–Crippen MR) is 63.6 cm³/mol. The molecule has 5 N–H and O–H groups in total. The first-order valence-electron chi connectivity index (χ1n) is 5.78. The van der Waals surface area contributed by atoms with Crippen LogP contribution in [0.3, 0.4) is 0 Å². The van der Waals surface area contributed by atoms with Crippen LogP contribution in [0.2, 0.25) is 0 Å². The maximum Gasteiger partial charge on any atom is 0.397 e. The second-order valence-electron chi connectivity index (χ2n) is 4.16. The van der Waals surface area contributed by atoms with Crippen LogP contribution in [-0.2, 0) is 13.9 Å². The third kappa shape index (κ3) is 5.91. The number of hydrogen-bond acceptors (Lipinski definition) is 7. The maximum absolute atomic E-state index is 13.5. The fourth-order valence-corrected chi connectivity index (χ4v) is 2.31. The Balaban J connectivity index is 4.75.